The van der Waals surface area contributed by atoms with Gasteiger partial charge in [0.05, 0.1) is 19.3 Å². The lowest BCUT2D eigenvalue weighted by molar-refractivity contribution is 0.0600. The Balaban J connectivity index is 1.80. The lowest BCUT2D eigenvalue weighted by atomic mass is 9.86. The number of esters is 1. The number of piperazine rings is 1. The third kappa shape index (κ3) is 4.31. The third-order valence-corrected chi connectivity index (χ3v) is 4.94. The summed E-state index contributed by atoms with van der Waals surface area (Å²) in [7, 11) is 1.34. The summed E-state index contributed by atoms with van der Waals surface area (Å²) in [5.41, 5.74) is 0.820. The van der Waals surface area contributed by atoms with Crippen LogP contribution in [0.3, 0.4) is 0 Å². The molecule has 25 heavy (non-hydrogen) atoms. The van der Waals surface area contributed by atoms with Gasteiger partial charge in [-0.2, -0.15) is 0 Å². The van der Waals surface area contributed by atoms with Gasteiger partial charge in [-0.15, -0.1) is 0 Å². The van der Waals surface area contributed by atoms with Crippen LogP contribution >= 0.6 is 0 Å². The van der Waals surface area contributed by atoms with Gasteiger partial charge in [0.25, 0.3) is 5.91 Å². The summed E-state index contributed by atoms with van der Waals surface area (Å²) in [6, 6.07) is 5.25. The molecule has 1 aromatic rings. The van der Waals surface area contributed by atoms with E-state index < -0.39 is 5.97 Å². The summed E-state index contributed by atoms with van der Waals surface area (Å²) in [5.74, 6) is 0.598. The van der Waals surface area contributed by atoms with Crippen LogP contribution < -0.4 is 10.1 Å². The second-order valence-electron chi connectivity index (χ2n) is 6.95. The topological polar surface area (TPSA) is 67.9 Å². The first kappa shape index (κ1) is 17.7. The summed E-state index contributed by atoms with van der Waals surface area (Å²) >= 11 is 0. The maximum atomic E-state index is 12.9. The standard InChI is InChI=1S/C19H26N2O4/c1-13-11-21(7-6-20-13)18(22)15-8-16(19(23)24-2)10-17(9-15)25-12-14-4-3-5-14/h8-10,13-14,20H,3-7,11-12H2,1-2H3. The number of amides is 1. The first-order valence-electron chi connectivity index (χ1n) is 8.95. The van der Waals surface area contributed by atoms with Gasteiger partial charge in [-0.3, -0.25) is 4.79 Å². The number of rotatable bonds is 5. The molecule has 1 heterocycles. The fraction of sp³-hybridized carbons (Fsp3) is 0.579. The molecule has 1 atom stereocenters. The highest BCUT2D eigenvalue weighted by Gasteiger charge is 2.24. The summed E-state index contributed by atoms with van der Waals surface area (Å²) in [6.07, 6.45) is 3.61. The van der Waals surface area contributed by atoms with E-state index in [1.165, 1.54) is 26.4 Å². The number of benzene rings is 1. The monoisotopic (exact) mass is 346 g/mol. The van der Waals surface area contributed by atoms with Crippen molar-refractivity contribution in [3.05, 3.63) is 29.3 Å². The fourth-order valence-corrected chi connectivity index (χ4v) is 3.21. The Bertz CT molecular complexity index is 642. The van der Waals surface area contributed by atoms with Crippen LogP contribution in [0.4, 0.5) is 0 Å². The maximum absolute atomic E-state index is 12.9. The molecule has 1 unspecified atom stereocenters. The molecule has 6 heteroatoms. The van der Waals surface area contributed by atoms with E-state index in [9.17, 15) is 9.59 Å². The molecule has 2 aliphatic rings. The van der Waals surface area contributed by atoms with Crippen LogP contribution in [0.2, 0.25) is 0 Å². The Kier molecular flexibility index (Phi) is 5.58. The van der Waals surface area contributed by atoms with Crippen LogP contribution in [0.5, 0.6) is 5.75 Å². The van der Waals surface area contributed by atoms with Gasteiger partial charge in [0.15, 0.2) is 0 Å². The lowest BCUT2D eigenvalue weighted by Crippen LogP contribution is -2.51. The van der Waals surface area contributed by atoms with Crippen LogP contribution in [0.15, 0.2) is 18.2 Å². The van der Waals surface area contributed by atoms with Crippen molar-refractivity contribution < 1.29 is 19.1 Å². The molecule has 2 fully saturated rings. The molecule has 0 radical (unpaired) electrons. The summed E-state index contributed by atoms with van der Waals surface area (Å²) in [5, 5.41) is 3.32. The molecule has 1 saturated heterocycles. The van der Waals surface area contributed by atoms with E-state index in [4.69, 9.17) is 9.47 Å². The van der Waals surface area contributed by atoms with E-state index in [1.54, 1.807) is 18.2 Å². The smallest absolute Gasteiger partial charge is 0.338 e. The highest BCUT2D eigenvalue weighted by atomic mass is 16.5. The molecule has 136 valence electrons. The molecule has 3 rings (SSSR count). The van der Waals surface area contributed by atoms with E-state index in [0.717, 1.165) is 6.54 Å². The predicted molar refractivity (Wildman–Crippen MR) is 94.0 cm³/mol. The van der Waals surface area contributed by atoms with Crippen LogP contribution in [0.25, 0.3) is 0 Å². The molecular formula is C19H26N2O4. The highest BCUT2D eigenvalue weighted by Crippen LogP contribution is 2.28. The second kappa shape index (κ2) is 7.87. The van der Waals surface area contributed by atoms with E-state index >= 15 is 0 Å². The minimum absolute atomic E-state index is 0.0763. The Labute approximate surface area is 148 Å². The van der Waals surface area contributed by atoms with Crippen molar-refractivity contribution in [2.75, 3.05) is 33.4 Å². The zero-order valence-corrected chi connectivity index (χ0v) is 14.9. The van der Waals surface area contributed by atoms with E-state index in [1.807, 2.05) is 4.90 Å². The Morgan fingerprint density at radius 2 is 2.00 bits per heavy atom. The van der Waals surface area contributed by atoms with Crippen molar-refractivity contribution in [1.29, 1.82) is 0 Å². The Morgan fingerprint density at radius 1 is 1.24 bits per heavy atom. The zero-order chi connectivity index (χ0) is 17.8. The minimum Gasteiger partial charge on any atom is -0.493 e. The van der Waals surface area contributed by atoms with Crippen molar-refractivity contribution in [3.8, 4) is 5.75 Å². The van der Waals surface area contributed by atoms with E-state index in [-0.39, 0.29) is 11.9 Å². The number of hydrogen-bond donors (Lipinski definition) is 1. The molecule has 1 aromatic carbocycles. The first-order valence-corrected chi connectivity index (χ1v) is 8.95. The molecule has 0 bridgehead atoms. The van der Waals surface area contributed by atoms with Crippen LogP contribution in [0.1, 0.15) is 46.9 Å². The first-order chi connectivity index (χ1) is 12.1. The molecule has 1 saturated carbocycles. The summed E-state index contributed by atoms with van der Waals surface area (Å²) in [6.45, 7) is 4.76. The van der Waals surface area contributed by atoms with Gasteiger partial charge >= 0.3 is 5.97 Å². The number of nitrogens with zero attached hydrogens (tertiary/aromatic N) is 1. The highest BCUT2D eigenvalue weighted by molar-refractivity contribution is 5.98. The minimum atomic E-state index is -0.461. The summed E-state index contributed by atoms with van der Waals surface area (Å²) in [4.78, 5) is 26.6. The van der Waals surface area contributed by atoms with Crippen molar-refractivity contribution in [3.63, 3.8) is 0 Å². The molecule has 0 spiro atoms. The van der Waals surface area contributed by atoms with Crippen molar-refractivity contribution in [2.24, 2.45) is 5.92 Å². The molecule has 1 aliphatic heterocycles. The van der Waals surface area contributed by atoms with E-state index in [0.29, 0.717) is 42.5 Å². The molecule has 1 amide bonds. The largest absolute Gasteiger partial charge is 0.493 e. The van der Waals surface area contributed by atoms with Gasteiger partial charge in [0, 0.05) is 31.2 Å². The second-order valence-corrected chi connectivity index (χ2v) is 6.95. The fourth-order valence-electron chi connectivity index (χ4n) is 3.21. The van der Waals surface area contributed by atoms with Crippen molar-refractivity contribution in [1.82, 2.24) is 10.2 Å². The predicted octanol–water partition coefficient (Wildman–Crippen LogP) is 2.09. The number of carbonyl (C=O) groups excluding carboxylic acids is 2. The van der Waals surface area contributed by atoms with Crippen molar-refractivity contribution >= 4 is 11.9 Å². The van der Waals surface area contributed by atoms with Crippen LogP contribution in [0, 0.1) is 5.92 Å². The van der Waals surface area contributed by atoms with Gasteiger partial charge in [0.2, 0.25) is 0 Å². The van der Waals surface area contributed by atoms with Gasteiger partial charge in [0.1, 0.15) is 5.75 Å². The number of methoxy groups -OCH3 is 1. The Hall–Kier alpha value is -2.08. The number of hydrogen-bond acceptors (Lipinski definition) is 5. The Morgan fingerprint density at radius 3 is 2.64 bits per heavy atom. The zero-order valence-electron chi connectivity index (χ0n) is 14.9. The third-order valence-electron chi connectivity index (χ3n) is 4.94. The maximum Gasteiger partial charge on any atom is 0.338 e. The molecular weight excluding hydrogens is 320 g/mol. The lowest BCUT2D eigenvalue weighted by Gasteiger charge is -2.32. The van der Waals surface area contributed by atoms with Crippen molar-refractivity contribution in [2.45, 2.75) is 32.2 Å². The van der Waals surface area contributed by atoms with E-state index in [2.05, 4.69) is 12.2 Å². The molecule has 1 aliphatic carbocycles. The molecule has 0 aromatic heterocycles. The average molecular weight is 346 g/mol. The average Bonchev–Trinajstić information content (AvgIpc) is 2.58. The normalized spacial score (nSPS) is 20.7. The van der Waals surface area contributed by atoms with Gasteiger partial charge in [-0.1, -0.05) is 6.42 Å². The SMILES string of the molecule is COC(=O)c1cc(OCC2CCC2)cc(C(=O)N2CCNC(C)C2)c1. The number of nitrogens with one attached hydrogen (secondary N) is 1. The quantitative estimate of drug-likeness (QED) is 0.827. The van der Waals surface area contributed by atoms with Crippen LogP contribution in [-0.2, 0) is 4.74 Å². The molecule has 6 nitrogen and oxygen atoms in total. The number of ether oxygens (including phenoxy) is 2. The van der Waals surface area contributed by atoms with Gasteiger partial charge < -0.3 is 19.7 Å². The summed E-state index contributed by atoms with van der Waals surface area (Å²) < 4.78 is 10.7. The van der Waals surface area contributed by atoms with Gasteiger partial charge in [-0.05, 0) is 43.9 Å². The van der Waals surface area contributed by atoms with Gasteiger partial charge in [-0.25, -0.2) is 4.79 Å². The molecule has 1 N–H and O–H groups in total. The van der Waals surface area contributed by atoms with Crippen LogP contribution in [-0.4, -0.2) is 56.2 Å². The number of carbonyl (C=O) groups is 2.